The summed E-state index contributed by atoms with van der Waals surface area (Å²) >= 11 is 0. The third-order valence-corrected chi connectivity index (χ3v) is 8.53. The van der Waals surface area contributed by atoms with Crippen molar-refractivity contribution in [1.29, 1.82) is 0 Å². The summed E-state index contributed by atoms with van der Waals surface area (Å²) in [5.74, 6) is -3.17. The smallest absolute Gasteiger partial charge is 0.307 e. The molecule has 0 saturated heterocycles. The lowest BCUT2D eigenvalue weighted by Crippen LogP contribution is -2.50. The number of carboxylic acid groups (broad SMARTS) is 1. The van der Waals surface area contributed by atoms with Gasteiger partial charge in [-0.3, -0.25) is 24.1 Å². The predicted octanol–water partition coefficient (Wildman–Crippen LogP) is 4.97. The zero-order valence-corrected chi connectivity index (χ0v) is 21.6. The Bertz CT molecular complexity index is 1470. The Balaban J connectivity index is 1.32. The fourth-order valence-electron chi connectivity index (χ4n) is 6.49. The number of aliphatic carboxylic acids is 1. The zero-order chi connectivity index (χ0) is 27.1. The van der Waals surface area contributed by atoms with Crippen molar-refractivity contribution in [2.75, 3.05) is 13.1 Å². The molecule has 3 aliphatic rings. The van der Waals surface area contributed by atoms with E-state index in [0.29, 0.717) is 36.9 Å². The first-order valence-electron chi connectivity index (χ1n) is 13.6. The van der Waals surface area contributed by atoms with Crippen LogP contribution in [-0.2, 0) is 16.0 Å². The van der Waals surface area contributed by atoms with Crippen molar-refractivity contribution in [2.24, 2.45) is 11.8 Å². The van der Waals surface area contributed by atoms with E-state index in [1.54, 1.807) is 17.0 Å². The molecule has 0 aromatic heterocycles. The van der Waals surface area contributed by atoms with Crippen LogP contribution in [0.1, 0.15) is 63.6 Å². The Morgan fingerprint density at radius 2 is 1.49 bits per heavy atom. The summed E-state index contributed by atoms with van der Waals surface area (Å²) in [7, 11) is 0. The molecule has 1 saturated carbocycles. The maximum absolute atomic E-state index is 13.9. The summed E-state index contributed by atoms with van der Waals surface area (Å²) in [5, 5.41) is 9.82. The molecule has 7 nitrogen and oxygen atoms in total. The minimum absolute atomic E-state index is 0.0280. The van der Waals surface area contributed by atoms with Gasteiger partial charge in [0.15, 0.2) is 0 Å². The van der Waals surface area contributed by atoms with Crippen LogP contribution in [0.2, 0.25) is 0 Å². The highest BCUT2D eigenvalue weighted by Crippen LogP contribution is 2.38. The van der Waals surface area contributed by atoms with Crippen molar-refractivity contribution >= 4 is 23.7 Å². The van der Waals surface area contributed by atoms with Gasteiger partial charge in [-0.1, -0.05) is 73.5 Å². The summed E-state index contributed by atoms with van der Waals surface area (Å²) in [4.78, 5) is 56.0. The lowest BCUT2D eigenvalue weighted by molar-refractivity contribution is -0.153. The molecule has 1 fully saturated rings. The lowest BCUT2D eigenvalue weighted by atomic mass is 9.77. The number of fused-ring (bicyclic) bond motifs is 2. The molecule has 1 N–H and O–H groups in total. The quantitative estimate of drug-likeness (QED) is 0.478. The summed E-state index contributed by atoms with van der Waals surface area (Å²) in [6.45, 7) is 0.449. The van der Waals surface area contributed by atoms with Crippen LogP contribution in [0, 0.1) is 11.8 Å². The molecule has 3 aromatic rings. The first kappa shape index (κ1) is 25.0. The molecule has 3 amide bonds. The van der Waals surface area contributed by atoms with Gasteiger partial charge >= 0.3 is 5.97 Å². The molecular weight excluding hydrogens is 492 g/mol. The monoisotopic (exact) mass is 522 g/mol. The van der Waals surface area contributed by atoms with Gasteiger partial charge in [-0.15, -0.1) is 0 Å². The van der Waals surface area contributed by atoms with E-state index >= 15 is 0 Å². The second-order valence-corrected chi connectivity index (χ2v) is 10.7. The van der Waals surface area contributed by atoms with Gasteiger partial charge in [0.25, 0.3) is 11.8 Å². The van der Waals surface area contributed by atoms with E-state index in [1.165, 1.54) is 4.90 Å². The molecule has 198 valence electrons. The number of hydrogen-bond acceptors (Lipinski definition) is 4. The molecule has 2 heterocycles. The van der Waals surface area contributed by atoms with Gasteiger partial charge in [0.2, 0.25) is 5.91 Å². The fraction of sp³-hybridized carbons (Fsp3) is 0.312. The van der Waals surface area contributed by atoms with Gasteiger partial charge in [0, 0.05) is 6.54 Å². The van der Waals surface area contributed by atoms with E-state index in [2.05, 4.69) is 0 Å². The topological polar surface area (TPSA) is 95.0 Å². The van der Waals surface area contributed by atoms with Gasteiger partial charge in [-0.25, -0.2) is 0 Å². The first-order chi connectivity index (χ1) is 18.9. The second-order valence-electron chi connectivity index (χ2n) is 10.7. The number of carbonyl (C=O) groups excluding carboxylic acids is 3. The van der Waals surface area contributed by atoms with E-state index in [4.69, 9.17) is 0 Å². The molecule has 0 bridgehead atoms. The van der Waals surface area contributed by atoms with E-state index in [1.807, 2.05) is 60.7 Å². The van der Waals surface area contributed by atoms with E-state index in [9.17, 15) is 24.3 Å². The van der Waals surface area contributed by atoms with Crippen molar-refractivity contribution in [3.05, 3.63) is 95.1 Å². The third-order valence-electron chi connectivity index (χ3n) is 8.53. The predicted molar refractivity (Wildman–Crippen MR) is 145 cm³/mol. The average molecular weight is 523 g/mol. The van der Waals surface area contributed by atoms with E-state index < -0.39 is 23.8 Å². The number of carbonyl (C=O) groups is 4. The van der Waals surface area contributed by atoms with Crippen molar-refractivity contribution in [2.45, 2.75) is 38.1 Å². The Morgan fingerprint density at radius 1 is 0.795 bits per heavy atom. The van der Waals surface area contributed by atoms with Crippen LogP contribution in [0.5, 0.6) is 0 Å². The number of amides is 3. The molecule has 39 heavy (non-hydrogen) atoms. The van der Waals surface area contributed by atoms with Gasteiger partial charge in [-0.2, -0.15) is 0 Å². The van der Waals surface area contributed by atoms with Gasteiger partial charge in [-0.05, 0) is 53.6 Å². The van der Waals surface area contributed by atoms with Crippen LogP contribution < -0.4 is 0 Å². The highest BCUT2D eigenvalue weighted by Gasteiger charge is 2.44. The lowest BCUT2D eigenvalue weighted by Gasteiger charge is -2.42. The average Bonchev–Trinajstić information content (AvgIpc) is 3.21. The Kier molecular flexibility index (Phi) is 6.51. The summed E-state index contributed by atoms with van der Waals surface area (Å²) in [5.41, 5.74) is 4.52. The minimum Gasteiger partial charge on any atom is -0.481 e. The van der Waals surface area contributed by atoms with Crippen molar-refractivity contribution in [1.82, 2.24) is 9.80 Å². The van der Waals surface area contributed by atoms with Crippen molar-refractivity contribution in [3.8, 4) is 11.1 Å². The number of carboxylic acids is 1. The Morgan fingerprint density at radius 3 is 2.26 bits per heavy atom. The Hall–Kier alpha value is -4.26. The highest BCUT2D eigenvalue weighted by molar-refractivity contribution is 6.21. The number of benzene rings is 3. The van der Waals surface area contributed by atoms with Crippen LogP contribution in [0.25, 0.3) is 11.1 Å². The molecule has 0 spiro atoms. The first-order valence-corrected chi connectivity index (χ1v) is 13.6. The highest BCUT2D eigenvalue weighted by atomic mass is 16.4. The maximum atomic E-state index is 13.9. The molecule has 3 atom stereocenters. The van der Waals surface area contributed by atoms with Crippen molar-refractivity contribution < 1.29 is 24.3 Å². The number of imide groups is 1. The molecule has 7 heteroatoms. The molecule has 6 rings (SSSR count). The van der Waals surface area contributed by atoms with Gasteiger partial charge < -0.3 is 10.0 Å². The van der Waals surface area contributed by atoms with E-state index in [-0.39, 0.29) is 24.3 Å². The summed E-state index contributed by atoms with van der Waals surface area (Å²) < 4.78 is 0. The largest absolute Gasteiger partial charge is 0.481 e. The normalized spacial score (nSPS) is 22.4. The molecule has 2 aliphatic heterocycles. The van der Waals surface area contributed by atoms with Crippen LogP contribution in [0.4, 0.5) is 0 Å². The molecular formula is C32H30N2O5. The zero-order valence-electron chi connectivity index (χ0n) is 21.6. The molecule has 1 unspecified atom stereocenters. The maximum Gasteiger partial charge on any atom is 0.307 e. The fourth-order valence-corrected chi connectivity index (χ4v) is 6.49. The van der Waals surface area contributed by atoms with E-state index in [0.717, 1.165) is 35.1 Å². The van der Waals surface area contributed by atoms with Gasteiger partial charge in [0.05, 0.1) is 35.5 Å². The summed E-state index contributed by atoms with van der Waals surface area (Å²) in [6, 6.07) is 22.3. The van der Waals surface area contributed by atoms with Gasteiger partial charge in [0.1, 0.15) is 0 Å². The number of hydrogen-bond donors (Lipinski definition) is 1. The second kappa shape index (κ2) is 10.1. The minimum atomic E-state index is -0.934. The van der Waals surface area contributed by atoms with Crippen LogP contribution in [0.15, 0.2) is 72.8 Å². The number of rotatable bonds is 5. The third kappa shape index (κ3) is 4.42. The SMILES string of the molecule is O=C(O)[C@H]1CCCC[C@H]1C(=O)N1CCc2ccccc2C1CN1C(=O)c2ccc(-c3ccccc3)cc2C1=O. The van der Waals surface area contributed by atoms with Crippen LogP contribution in [0.3, 0.4) is 0 Å². The summed E-state index contributed by atoms with van der Waals surface area (Å²) in [6.07, 6.45) is 3.29. The molecule has 3 aromatic carbocycles. The standard InChI is InChI=1S/C32H30N2O5/c35-29(24-12-6-7-13-26(24)32(38)39)33-17-16-21-10-4-5-11-23(21)28(33)19-34-30(36)25-15-14-22(18-27(25)31(34)37)20-8-2-1-3-9-20/h1-5,8-11,14-15,18,24,26,28H,6-7,12-13,16-17,19H2,(H,38,39)/t24-,26+,28?/m1/s1. The van der Waals surface area contributed by atoms with Crippen LogP contribution in [-0.4, -0.2) is 51.7 Å². The molecule has 1 aliphatic carbocycles. The van der Waals surface area contributed by atoms with Crippen molar-refractivity contribution in [3.63, 3.8) is 0 Å². The molecule has 0 radical (unpaired) electrons. The Labute approximate surface area is 227 Å². The van der Waals surface area contributed by atoms with Crippen LogP contribution >= 0.6 is 0 Å². The number of nitrogens with zero attached hydrogens (tertiary/aromatic N) is 2.